The van der Waals surface area contributed by atoms with E-state index in [4.69, 9.17) is 25.7 Å². The number of aliphatic imine (C=N–C) groups is 2. The summed E-state index contributed by atoms with van der Waals surface area (Å²) in [6, 6.07) is 23.5. The molecule has 170 valence electrons. The summed E-state index contributed by atoms with van der Waals surface area (Å²) in [5, 5.41) is 1.41. The van der Waals surface area contributed by atoms with Crippen molar-refractivity contribution in [1.29, 1.82) is 0 Å². The minimum absolute atomic E-state index is 0.354. The van der Waals surface area contributed by atoms with Gasteiger partial charge in [-0.25, -0.2) is 19.9 Å². The van der Waals surface area contributed by atoms with Crippen LogP contribution in [0, 0.1) is 0 Å². The third kappa shape index (κ3) is 3.68. The van der Waals surface area contributed by atoms with Crippen molar-refractivity contribution >= 4 is 55.4 Å². The maximum absolute atomic E-state index is 12.1. The molecule has 0 radical (unpaired) electrons. The van der Waals surface area contributed by atoms with Crippen LogP contribution >= 0.6 is 11.3 Å². The van der Waals surface area contributed by atoms with Gasteiger partial charge in [-0.3, -0.25) is 9.79 Å². The van der Waals surface area contributed by atoms with Gasteiger partial charge in [-0.1, -0.05) is 65.9 Å². The Balaban J connectivity index is 1.59. The molecule has 0 aliphatic carbocycles. The number of rotatable bonds is 5. The Hall–Kier alpha value is -4.30. The zero-order chi connectivity index (χ0) is 23.8. The highest BCUT2D eigenvalue weighted by Crippen LogP contribution is 2.40. The maximum atomic E-state index is 12.1. The van der Waals surface area contributed by atoms with Crippen molar-refractivity contribution in [2.75, 3.05) is 0 Å². The molecule has 7 nitrogen and oxygen atoms in total. The second kappa shape index (κ2) is 8.48. The third-order valence-electron chi connectivity index (χ3n) is 6.21. The van der Waals surface area contributed by atoms with E-state index in [0.717, 1.165) is 26.9 Å². The summed E-state index contributed by atoms with van der Waals surface area (Å²) in [5.74, 6) is -0.532. The van der Waals surface area contributed by atoms with Gasteiger partial charge in [0.1, 0.15) is 11.9 Å². The van der Waals surface area contributed by atoms with Gasteiger partial charge in [0.25, 0.3) is 5.91 Å². The van der Waals surface area contributed by atoms with Crippen LogP contribution in [0.1, 0.15) is 28.0 Å². The minimum Gasteiger partial charge on any atom is -0.366 e. The fourth-order valence-electron chi connectivity index (χ4n) is 4.63. The van der Waals surface area contributed by atoms with E-state index in [2.05, 4.69) is 17.1 Å². The van der Waals surface area contributed by atoms with E-state index < -0.39 is 11.4 Å². The van der Waals surface area contributed by atoms with E-state index in [1.807, 2.05) is 54.7 Å². The summed E-state index contributed by atoms with van der Waals surface area (Å²) in [6.07, 6.45) is 4.49. The minimum atomic E-state index is -0.864. The Bertz CT molecular complexity index is 1610. The molecule has 1 aliphatic rings. The summed E-state index contributed by atoms with van der Waals surface area (Å²) in [6.45, 7) is 0. The Labute approximate surface area is 205 Å². The highest BCUT2D eigenvalue weighted by molar-refractivity contribution is 7.22. The largest absolute Gasteiger partial charge is 0.366 e. The molecular formula is C27H20N6OS. The van der Waals surface area contributed by atoms with Gasteiger partial charge in [0.05, 0.1) is 32.7 Å². The number of primary amides is 1. The van der Waals surface area contributed by atoms with Gasteiger partial charge in [0.15, 0.2) is 0 Å². The van der Waals surface area contributed by atoms with E-state index >= 15 is 0 Å². The predicted octanol–water partition coefficient (Wildman–Crippen LogP) is 5.02. The van der Waals surface area contributed by atoms with Crippen LogP contribution in [0.4, 0.5) is 5.13 Å². The highest BCUT2D eigenvalue weighted by Gasteiger charge is 2.43. The number of hydrogen-bond donors (Lipinski definition) is 1. The van der Waals surface area contributed by atoms with Gasteiger partial charge in [-0.2, -0.15) is 0 Å². The lowest BCUT2D eigenvalue weighted by Gasteiger charge is -2.28. The average Bonchev–Trinajstić information content (AvgIpc) is 3.48. The second-order valence-electron chi connectivity index (χ2n) is 8.35. The molecule has 0 saturated heterocycles. The van der Waals surface area contributed by atoms with Gasteiger partial charge in [-0.05, 0) is 23.8 Å². The molecular weight excluding hydrogens is 456 g/mol. The van der Waals surface area contributed by atoms with Crippen molar-refractivity contribution in [2.24, 2.45) is 15.7 Å². The lowest BCUT2D eigenvalue weighted by atomic mass is 9.82. The molecule has 2 N–H and O–H groups in total. The summed E-state index contributed by atoms with van der Waals surface area (Å²) in [5.41, 5.74) is 9.22. The fraction of sp³-hybridized carbons (Fsp3) is 0.111. The first-order chi connectivity index (χ1) is 17.1. The number of nitrogens with zero attached hydrogens (tertiary/aromatic N) is 5. The number of amides is 1. The number of fused-ring (bicyclic) bond motifs is 2. The molecule has 0 fully saturated rings. The van der Waals surface area contributed by atoms with Crippen LogP contribution in [0.2, 0.25) is 0 Å². The zero-order valence-corrected chi connectivity index (χ0v) is 19.4. The van der Waals surface area contributed by atoms with Crippen molar-refractivity contribution in [1.82, 2.24) is 15.0 Å². The van der Waals surface area contributed by atoms with Gasteiger partial charge in [0, 0.05) is 24.4 Å². The fourth-order valence-corrected chi connectivity index (χ4v) is 5.49. The van der Waals surface area contributed by atoms with E-state index in [1.165, 1.54) is 6.33 Å². The lowest BCUT2D eigenvalue weighted by molar-refractivity contribution is 0.100. The summed E-state index contributed by atoms with van der Waals surface area (Å²) >= 11 is 1.55. The SMILES string of the molecule is NC(=O)c1cccc2c(C3(Cc4ccccc4)N=CCC3=Nc3nc4ccccc4s3)ncnc12. The van der Waals surface area contributed by atoms with Crippen LogP contribution in [0.3, 0.4) is 0 Å². The van der Waals surface area contributed by atoms with Crippen molar-refractivity contribution in [2.45, 2.75) is 18.4 Å². The van der Waals surface area contributed by atoms with Crippen LogP contribution < -0.4 is 5.73 Å². The highest BCUT2D eigenvalue weighted by atomic mass is 32.1. The van der Waals surface area contributed by atoms with Crippen LogP contribution in [-0.2, 0) is 12.0 Å². The molecule has 1 amide bonds. The number of nitrogens with two attached hydrogens (primary N) is 1. The van der Waals surface area contributed by atoms with E-state index in [0.29, 0.717) is 34.7 Å². The Morgan fingerprint density at radius 3 is 2.66 bits per heavy atom. The summed E-state index contributed by atoms with van der Waals surface area (Å²) < 4.78 is 1.08. The number of thiazole rings is 1. The third-order valence-corrected chi connectivity index (χ3v) is 7.14. The molecule has 5 aromatic rings. The molecule has 3 aromatic carbocycles. The number of carbonyl (C=O) groups is 1. The predicted molar refractivity (Wildman–Crippen MR) is 140 cm³/mol. The summed E-state index contributed by atoms with van der Waals surface area (Å²) in [7, 11) is 0. The van der Waals surface area contributed by atoms with Gasteiger partial charge in [-0.15, -0.1) is 0 Å². The smallest absolute Gasteiger partial charge is 0.250 e. The zero-order valence-electron chi connectivity index (χ0n) is 18.6. The Morgan fingerprint density at radius 1 is 1.00 bits per heavy atom. The maximum Gasteiger partial charge on any atom is 0.250 e. The van der Waals surface area contributed by atoms with Crippen LogP contribution in [0.25, 0.3) is 21.1 Å². The van der Waals surface area contributed by atoms with Crippen molar-refractivity contribution in [3.05, 3.63) is 95.9 Å². The van der Waals surface area contributed by atoms with Gasteiger partial charge < -0.3 is 5.73 Å². The van der Waals surface area contributed by atoms with Crippen molar-refractivity contribution < 1.29 is 4.79 Å². The molecule has 3 heterocycles. The first-order valence-electron chi connectivity index (χ1n) is 11.2. The molecule has 0 saturated carbocycles. The number of aromatic nitrogens is 3. The topological polar surface area (TPSA) is 106 Å². The van der Waals surface area contributed by atoms with Gasteiger partial charge in [0.2, 0.25) is 5.13 Å². The Morgan fingerprint density at radius 2 is 1.83 bits per heavy atom. The number of benzene rings is 3. The quantitative estimate of drug-likeness (QED) is 0.384. The standard InChI is InChI=1S/C27H20N6OS/c28-25(34)19-10-6-9-18-23(19)29-16-30-24(18)27(15-17-7-2-1-3-8-17)22(13-14-31-27)33-26-32-20-11-4-5-12-21(20)35-26/h1-12,14,16H,13,15H2,(H2,28,34). The van der Waals surface area contributed by atoms with Crippen LogP contribution in [0.5, 0.6) is 0 Å². The number of hydrogen-bond acceptors (Lipinski definition) is 7. The first-order valence-corrected chi connectivity index (χ1v) is 12.0. The monoisotopic (exact) mass is 476 g/mol. The molecule has 35 heavy (non-hydrogen) atoms. The van der Waals surface area contributed by atoms with Crippen molar-refractivity contribution in [3.8, 4) is 0 Å². The molecule has 2 aromatic heterocycles. The first kappa shape index (κ1) is 21.2. The lowest BCUT2D eigenvalue weighted by Crippen LogP contribution is -2.34. The number of para-hydroxylation sites is 2. The van der Waals surface area contributed by atoms with Crippen LogP contribution in [0.15, 0.2) is 89.1 Å². The van der Waals surface area contributed by atoms with Crippen LogP contribution in [-0.4, -0.2) is 32.8 Å². The Kier molecular flexibility index (Phi) is 5.15. The molecule has 1 unspecified atom stereocenters. The number of carbonyl (C=O) groups excluding carboxylic acids is 1. The summed E-state index contributed by atoms with van der Waals surface area (Å²) in [4.78, 5) is 36.0. The van der Waals surface area contributed by atoms with E-state index in [-0.39, 0.29) is 0 Å². The molecule has 0 spiro atoms. The molecule has 8 heteroatoms. The van der Waals surface area contributed by atoms with Gasteiger partial charge >= 0.3 is 0 Å². The molecule has 1 atom stereocenters. The normalized spacial score (nSPS) is 18.6. The second-order valence-corrected chi connectivity index (χ2v) is 9.36. The molecule has 6 rings (SSSR count). The molecule has 1 aliphatic heterocycles. The van der Waals surface area contributed by atoms with E-state index in [9.17, 15) is 4.79 Å². The molecule has 0 bridgehead atoms. The van der Waals surface area contributed by atoms with Crippen molar-refractivity contribution in [3.63, 3.8) is 0 Å². The average molecular weight is 477 g/mol. The van der Waals surface area contributed by atoms with E-state index in [1.54, 1.807) is 23.5 Å².